The Morgan fingerprint density at radius 2 is 1.79 bits per heavy atom. The number of nitrogens with zero attached hydrogens (tertiary/aromatic N) is 3. The summed E-state index contributed by atoms with van der Waals surface area (Å²) in [6, 6.07) is 22.8. The number of fused-ring (bicyclic) bond motifs is 1. The van der Waals surface area contributed by atoms with Crippen LogP contribution in [0.3, 0.4) is 0 Å². The Morgan fingerprint density at radius 1 is 1.06 bits per heavy atom. The summed E-state index contributed by atoms with van der Waals surface area (Å²) in [5.74, 6) is -0.223. The summed E-state index contributed by atoms with van der Waals surface area (Å²) >= 11 is 3.90. The summed E-state index contributed by atoms with van der Waals surface area (Å²) < 4.78 is 1.56. The fraction of sp³-hybridized carbons (Fsp3) is 0.0400. The number of hydrogen-bond acceptors (Lipinski definition) is 7. The summed E-state index contributed by atoms with van der Waals surface area (Å²) in [7, 11) is 0. The second kappa shape index (κ2) is 9.65. The number of rotatable bonds is 6. The summed E-state index contributed by atoms with van der Waals surface area (Å²) in [6.07, 6.45) is 0. The van der Waals surface area contributed by atoms with Gasteiger partial charge in [0.15, 0.2) is 5.16 Å². The third-order valence-corrected chi connectivity index (χ3v) is 7.69. The maximum atomic E-state index is 13.8. The minimum Gasteiger partial charge on any atom is -0.316 e. The van der Waals surface area contributed by atoms with Gasteiger partial charge in [0.25, 0.3) is 5.56 Å². The van der Waals surface area contributed by atoms with Gasteiger partial charge in [-0.1, -0.05) is 60.3 Å². The first-order valence-electron chi connectivity index (χ1n) is 10.2. The zero-order valence-corrected chi connectivity index (χ0v) is 20.0. The van der Waals surface area contributed by atoms with E-state index in [1.807, 2.05) is 66.0 Å². The SMILES string of the molecule is N#Cc1ccsc1NC(=O)CSc1nc2scc(-c3ccccc3)c2c(=O)n1-c1ccccc1. The van der Waals surface area contributed by atoms with Gasteiger partial charge in [-0.25, -0.2) is 4.98 Å². The molecule has 0 aliphatic heterocycles. The first-order chi connectivity index (χ1) is 16.7. The Labute approximate surface area is 207 Å². The van der Waals surface area contributed by atoms with Crippen molar-refractivity contribution < 1.29 is 4.79 Å². The van der Waals surface area contributed by atoms with Gasteiger partial charge in [-0.2, -0.15) is 5.26 Å². The van der Waals surface area contributed by atoms with Gasteiger partial charge in [-0.15, -0.1) is 22.7 Å². The molecule has 0 saturated carbocycles. The van der Waals surface area contributed by atoms with E-state index in [4.69, 9.17) is 10.2 Å². The third-order valence-electron chi connectivity index (χ3n) is 5.05. The lowest BCUT2D eigenvalue weighted by molar-refractivity contribution is -0.113. The van der Waals surface area contributed by atoms with Gasteiger partial charge in [0.1, 0.15) is 15.9 Å². The van der Waals surface area contributed by atoms with Crippen molar-refractivity contribution in [3.8, 4) is 22.9 Å². The van der Waals surface area contributed by atoms with Crippen molar-refractivity contribution in [1.82, 2.24) is 9.55 Å². The van der Waals surface area contributed by atoms with Gasteiger partial charge in [-0.3, -0.25) is 14.2 Å². The number of anilines is 1. The number of nitriles is 1. The molecular weight excluding hydrogens is 485 g/mol. The molecule has 3 heterocycles. The van der Waals surface area contributed by atoms with E-state index >= 15 is 0 Å². The highest BCUT2D eigenvalue weighted by molar-refractivity contribution is 7.99. The van der Waals surface area contributed by atoms with Crippen LogP contribution in [0.15, 0.2) is 87.4 Å². The van der Waals surface area contributed by atoms with Gasteiger partial charge < -0.3 is 5.32 Å². The van der Waals surface area contributed by atoms with Gasteiger partial charge >= 0.3 is 0 Å². The molecule has 0 atom stereocenters. The number of thiophene rings is 2. The second-order valence-electron chi connectivity index (χ2n) is 7.18. The molecule has 34 heavy (non-hydrogen) atoms. The molecule has 9 heteroatoms. The van der Waals surface area contributed by atoms with Crippen LogP contribution in [0, 0.1) is 11.3 Å². The van der Waals surface area contributed by atoms with E-state index in [1.54, 1.807) is 16.0 Å². The summed E-state index contributed by atoms with van der Waals surface area (Å²) in [6.45, 7) is 0. The quantitative estimate of drug-likeness (QED) is 0.236. The Balaban J connectivity index is 1.54. The van der Waals surface area contributed by atoms with Crippen LogP contribution in [0.1, 0.15) is 5.56 Å². The largest absolute Gasteiger partial charge is 0.316 e. The number of benzene rings is 2. The van der Waals surface area contributed by atoms with E-state index in [0.29, 0.717) is 31.6 Å². The predicted octanol–water partition coefficient (Wildman–Crippen LogP) is 5.78. The smallest absolute Gasteiger partial charge is 0.268 e. The minimum atomic E-state index is -0.269. The second-order valence-corrected chi connectivity index (χ2v) is 9.89. The molecule has 3 aromatic heterocycles. The van der Waals surface area contributed by atoms with Gasteiger partial charge in [-0.05, 0) is 29.1 Å². The normalized spacial score (nSPS) is 10.8. The number of carbonyl (C=O) groups excluding carboxylic acids is 1. The average molecular weight is 501 g/mol. The molecule has 0 bridgehead atoms. The molecule has 0 aliphatic carbocycles. The highest BCUT2D eigenvalue weighted by Gasteiger charge is 2.19. The molecule has 0 unspecified atom stereocenters. The Morgan fingerprint density at radius 3 is 2.53 bits per heavy atom. The number of nitrogens with one attached hydrogen (secondary N) is 1. The van der Waals surface area contributed by atoms with Gasteiger partial charge in [0.05, 0.1) is 22.4 Å². The van der Waals surface area contributed by atoms with Crippen LogP contribution in [0.5, 0.6) is 0 Å². The van der Waals surface area contributed by atoms with Crippen LogP contribution in [-0.2, 0) is 4.79 Å². The number of amides is 1. The van der Waals surface area contributed by atoms with E-state index < -0.39 is 0 Å². The summed E-state index contributed by atoms with van der Waals surface area (Å²) in [5.41, 5.74) is 2.73. The fourth-order valence-corrected chi connectivity index (χ4v) is 6.05. The van der Waals surface area contributed by atoms with Crippen LogP contribution in [0.2, 0.25) is 0 Å². The van der Waals surface area contributed by atoms with Gasteiger partial charge in [0, 0.05) is 10.9 Å². The standard InChI is InChI=1S/C25H16N4O2S3/c26-13-17-11-12-32-22(17)27-20(30)15-34-25-28-23-21(19(14-33-23)16-7-3-1-4-8-16)24(31)29(25)18-9-5-2-6-10-18/h1-12,14H,15H2,(H,27,30). The Kier molecular flexibility index (Phi) is 6.27. The third kappa shape index (κ3) is 4.26. The molecule has 1 amide bonds. The highest BCUT2D eigenvalue weighted by Crippen LogP contribution is 2.33. The molecule has 166 valence electrons. The first-order valence-corrected chi connectivity index (χ1v) is 13.0. The number of thioether (sulfide) groups is 1. The monoisotopic (exact) mass is 500 g/mol. The zero-order chi connectivity index (χ0) is 23.5. The van der Waals surface area contributed by atoms with E-state index in [9.17, 15) is 9.59 Å². The molecule has 0 saturated heterocycles. The molecule has 0 fully saturated rings. The molecule has 2 aromatic carbocycles. The van der Waals surface area contributed by atoms with Crippen molar-refractivity contribution in [2.75, 3.05) is 11.1 Å². The predicted molar refractivity (Wildman–Crippen MR) is 139 cm³/mol. The van der Waals surface area contributed by atoms with Crippen molar-refractivity contribution in [1.29, 1.82) is 5.26 Å². The highest BCUT2D eigenvalue weighted by atomic mass is 32.2. The summed E-state index contributed by atoms with van der Waals surface area (Å²) in [4.78, 5) is 31.8. The molecular formula is C25H16N4O2S3. The molecule has 6 nitrogen and oxygen atoms in total. The van der Waals surface area contributed by atoms with Crippen LogP contribution in [0.25, 0.3) is 27.0 Å². The van der Waals surface area contributed by atoms with Crippen molar-refractivity contribution in [3.05, 3.63) is 93.4 Å². The molecule has 0 spiro atoms. The Bertz CT molecular complexity index is 1580. The molecule has 0 aliphatic rings. The van der Waals surface area contributed by atoms with Crippen LogP contribution in [-0.4, -0.2) is 21.2 Å². The van der Waals surface area contributed by atoms with E-state index in [-0.39, 0.29) is 17.2 Å². The molecule has 1 N–H and O–H groups in total. The maximum Gasteiger partial charge on any atom is 0.268 e. The van der Waals surface area contributed by atoms with Crippen molar-refractivity contribution >= 4 is 55.6 Å². The number of para-hydroxylation sites is 1. The van der Waals surface area contributed by atoms with E-state index in [2.05, 4.69) is 11.4 Å². The zero-order valence-electron chi connectivity index (χ0n) is 17.6. The van der Waals surface area contributed by atoms with Crippen LogP contribution in [0.4, 0.5) is 5.00 Å². The first kappa shape index (κ1) is 22.1. The molecule has 0 radical (unpaired) electrons. The number of hydrogen-bond donors (Lipinski definition) is 1. The lowest BCUT2D eigenvalue weighted by Gasteiger charge is -2.12. The molecule has 5 aromatic rings. The van der Waals surface area contributed by atoms with Crippen molar-refractivity contribution in [2.24, 2.45) is 0 Å². The van der Waals surface area contributed by atoms with E-state index in [0.717, 1.165) is 11.1 Å². The lowest BCUT2D eigenvalue weighted by Crippen LogP contribution is -2.22. The number of carbonyl (C=O) groups is 1. The number of aromatic nitrogens is 2. The van der Waals surface area contributed by atoms with Gasteiger partial charge in [0.2, 0.25) is 5.91 Å². The van der Waals surface area contributed by atoms with E-state index in [1.165, 1.54) is 34.4 Å². The van der Waals surface area contributed by atoms with Crippen LogP contribution < -0.4 is 10.9 Å². The summed E-state index contributed by atoms with van der Waals surface area (Å²) in [5, 5.41) is 17.2. The average Bonchev–Trinajstić information content (AvgIpc) is 3.50. The topological polar surface area (TPSA) is 87.8 Å². The minimum absolute atomic E-state index is 0.0461. The maximum absolute atomic E-state index is 13.8. The Hall–Kier alpha value is -3.71. The van der Waals surface area contributed by atoms with Crippen molar-refractivity contribution in [3.63, 3.8) is 0 Å². The van der Waals surface area contributed by atoms with Crippen LogP contribution >= 0.6 is 34.4 Å². The lowest BCUT2D eigenvalue weighted by atomic mass is 10.1. The fourth-order valence-electron chi connectivity index (χ4n) is 3.49. The van der Waals surface area contributed by atoms with Crippen molar-refractivity contribution in [2.45, 2.75) is 5.16 Å². The molecule has 5 rings (SSSR count).